The van der Waals surface area contributed by atoms with Gasteiger partial charge in [0.2, 0.25) is 0 Å². The van der Waals surface area contributed by atoms with Gasteiger partial charge in [0.25, 0.3) is 0 Å². The number of amides is 2. The van der Waals surface area contributed by atoms with Gasteiger partial charge in [-0.05, 0) is 13.3 Å². The van der Waals surface area contributed by atoms with Crippen LogP contribution in [-0.4, -0.2) is 48.1 Å². The summed E-state index contributed by atoms with van der Waals surface area (Å²) < 4.78 is 0. The van der Waals surface area contributed by atoms with Crippen LogP contribution in [0.5, 0.6) is 0 Å². The Labute approximate surface area is 79.7 Å². The predicted octanol–water partition coefficient (Wildman–Crippen LogP) is 0.480. The van der Waals surface area contributed by atoms with E-state index in [1.807, 2.05) is 23.8 Å². The summed E-state index contributed by atoms with van der Waals surface area (Å²) in [4.78, 5) is 15.2. The number of nitrogens with zero attached hydrogens (tertiary/aromatic N) is 2. The number of urea groups is 1. The highest BCUT2D eigenvalue weighted by molar-refractivity contribution is 5.76. The van der Waals surface area contributed by atoms with Crippen molar-refractivity contribution in [3.63, 3.8) is 0 Å². The minimum absolute atomic E-state index is 0.0629. The van der Waals surface area contributed by atoms with E-state index in [0.29, 0.717) is 12.6 Å². The zero-order valence-corrected chi connectivity index (χ0v) is 8.66. The summed E-state index contributed by atoms with van der Waals surface area (Å²) in [6, 6.07) is 0.545. The van der Waals surface area contributed by atoms with Crippen LogP contribution >= 0.6 is 0 Å². The number of rotatable bonds is 3. The normalized spacial score (nSPS) is 25.5. The van der Waals surface area contributed by atoms with Crippen molar-refractivity contribution in [3.8, 4) is 0 Å². The fraction of sp³-hybridized carbons (Fsp3) is 0.889. The lowest BCUT2D eigenvalue weighted by molar-refractivity contribution is 0.193. The average molecular weight is 185 g/mol. The highest BCUT2D eigenvalue weighted by Crippen LogP contribution is 2.15. The highest BCUT2D eigenvalue weighted by atomic mass is 16.2. The van der Waals surface area contributed by atoms with E-state index in [4.69, 9.17) is 5.73 Å². The fourth-order valence-corrected chi connectivity index (χ4v) is 1.74. The van der Waals surface area contributed by atoms with E-state index < -0.39 is 0 Å². The van der Waals surface area contributed by atoms with Crippen LogP contribution in [0.2, 0.25) is 0 Å². The lowest BCUT2D eigenvalue weighted by Crippen LogP contribution is -2.38. The molecule has 0 spiro atoms. The minimum Gasteiger partial charge on any atom is -0.326 e. The molecule has 0 aromatic carbocycles. The van der Waals surface area contributed by atoms with Crippen LogP contribution in [0.25, 0.3) is 0 Å². The second kappa shape index (κ2) is 3.96. The van der Waals surface area contributed by atoms with Crippen molar-refractivity contribution in [1.29, 1.82) is 0 Å². The predicted molar refractivity (Wildman–Crippen MR) is 52.5 cm³/mol. The maximum atomic E-state index is 11.6. The van der Waals surface area contributed by atoms with Crippen LogP contribution in [0.4, 0.5) is 4.79 Å². The van der Waals surface area contributed by atoms with Crippen LogP contribution < -0.4 is 5.73 Å². The maximum absolute atomic E-state index is 11.6. The molecule has 0 saturated carbocycles. The Morgan fingerprint density at radius 3 is 2.69 bits per heavy atom. The highest BCUT2D eigenvalue weighted by Gasteiger charge is 2.33. The van der Waals surface area contributed by atoms with E-state index in [2.05, 4.69) is 6.92 Å². The summed E-state index contributed by atoms with van der Waals surface area (Å²) >= 11 is 0. The number of nitrogens with two attached hydrogens (primary N) is 1. The molecule has 1 aliphatic heterocycles. The van der Waals surface area contributed by atoms with E-state index in [0.717, 1.165) is 13.0 Å². The molecule has 4 heteroatoms. The third kappa shape index (κ3) is 2.12. The molecule has 76 valence electrons. The van der Waals surface area contributed by atoms with Crippen LogP contribution in [0, 0.1) is 0 Å². The summed E-state index contributed by atoms with van der Waals surface area (Å²) in [6.45, 7) is 5.52. The quantitative estimate of drug-likeness (QED) is 0.695. The van der Waals surface area contributed by atoms with Crippen molar-refractivity contribution < 1.29 is 4.79 Å². The minimum atomic E-state index is 0.0629. The second-order valence-electron chi connectivity index (χ2n) is 3.84. The maximum Gasteiger partial charge on any atom is 0.320 e. The standard InChI is InChI=1S/C9H19N3O/c1-4-8-6-12(5-7(2)10)9(13)11(8)3/h7-8H,4-6,10H2,1-3H3. The summed E-state index contributed by atoms with van der Waals surface area (Å²) in [7, 11) is 1.86. The molecule has 0 aromatic heterocycles. The second-order valence-corrected chi connectivity index (χ2v) is 3.84. The van der Waals surface area contributed by atoms with Crippen LogP contribution in [0.1, 0.15) is 20.3 Å². The first-order valence-electron chi connectivity index (χ1n) is 4.83. The summed E-state index contributed by atoms with van der Waals surface area (Å²) in [5.41, 5.74) is 5.65. The smallest absolute Gasteiger partial charge is 0.320 e. The Hall–Kier alpha value is -0.770. The summed E-state index contributed by atoms with van der Waals surface area (Å²) in [6.07, 6.45) is 1.01. The fourth-order valence-electron chi connectivity index (χ4n) is 1.74. The molecule has 13 heavy (non-hydrogen) atoms. The van der Waals surface area contributed by atoms with Gasteiger partial charge < -0.3 is 15.5 Å². The zero-order valence-electron chi connectivity index (χ0n) is 8.66. The van der Waals surface area contributed by atoms with Crippen molar-refractivity contribution >= 4 is 6.03 Å². The van der Waals surface area contributed by atoms with Gasteiger partial charge in [-0.1, -0.05) is 6.92 Å². The van der Waals surface area contributed by atoms with Crippen molar-refractivity contribution in [2.45, 2.75) is 32.4 Å². The third-order valence-electron chi connectivity index (χ3n) is 2.53. The van der Waals surface area contributed by atoms with Gasteiger partial charge in [-0.3, -0.25) is 0 Å². The van der Waals surface area contributed by atoms with Crippen molar-refractivity contribution in [2.75, 3.05) is 20.1 Å². The Kier molecular flexibility index (Phi) is 3.14. The molecular formula is C9H19N3O. The van der Waals surface area contributed by atoms with Crippen LogP contribution in [0.3, 0.4) is 0 Å². The van der Waals surface area contributed by atoms with Gasteiger partial charge in [-0.25, -0.2) is 4.79 Å². The molecule has 2 amide bonds. The van der Waals surface area contributed by atoms with E-state index in [1.54, 1.807) is 0 Å². The van der Waals surface area contributed by atoms with Gasteiger partial charge >= 0.3 is 6.03 Å². The summed E-state index contributed by atoms with van der Waals surface area (Å²) in [5, 5.41) is 0. The van der Waals surface area contributed by atoms with Crippen molar-refractivity contribution in [1.82, 2.24) is 9.80 Å². The Morgan fingerprint density at radius 2 is 2.31 bits per heavy atom. The van der Waals surface area contributed by atoms with Crippen molar-refractivity contribution in [3.05, 3.63) is 0 Å². The first kappa shape index (κ1) is 10.3. The Bertz CT molecular complexity index is 193. The van der Waals surface area contributed by atoms with Gasteiger partial charge in [-0.2, -0.15) is 0 Å². The van der Waals surface area contributed by atoms with Crippen molar-refractivity contribution in [2.24, 2.45) is 5.73 Å². The molecule has 0 radical (unpaired) electrons. The SMILES string of the molecule is CCC1CN(CC(C)N)C(=O)N1C. The van der Waals surface area contributed by atoms with E-state index in [1.165, 1.54) is 0 Å². The molecular weight excluding hydrogens is 166 g/mol. The lowest BCUT2D eigenvalue weighted by Gasteiger charge is -2.17. The van der Waals surface area contributed by atoms with Gasteiger partial charge in [-0.15, -0.1) is 0 Å². The van der Waals surface area contributed by atoms with Gasteiger partial charge in [0.1, 0.15) is 0 Å². The average Bonchev–Trinajstić information content (AvgIpc) is 2.32. The largest absolute Gasteiger partial charge is 0.326 e. The molecule has 2 unspecified atom stereocenters. The number of carbonyl (C=O) groups is 1. The molecule has 1 aliphatic rings. The van der Waals surface area contributed by atoms with Crippen LogP contribution in [0.15, 0.2) is 0 Å². The molecule has 1 fully saturated rings. The number of likely N-dealkylation sites (N-methyl/N-ethyl adjacent to an activating group) is 1. The number of hydrogen-bond acceptors (Lipinski definition) is 2. The molecule has 1 saturated heterocycles. The van der Waals surface area contributed by atoms with E-state index in [9.17, 15) is 4.79 Å². The lowest BCUT2D eigenvalue weighted by atomic mass is 10.2. The Balaban J connectivity index is 2.55. The monoisotopic (exact) mass is 185 g/mol. The number of carbonyl (C=O) groups excluding carboxylic acids is 1. The molecule has 0 aromatic rings. The van der Waals surface area contributed by atoms with E-state index >= 15 is 0 Å². The summed E-state index contributed by atoms with van der Waals surface area (Å²) in [5.74, 6) is 0. The van der Waals surface area contributed by atoms with Gasteiger partial charge in [0, 0.05) is 26.2 Å². The third-order valence-corrected chi connectivity index (χ3v) is 2.53. The molecule has 4 nitrogen and oxygen atoms in total. The van der Waals surface area contributed by atoms with Crippen LogP contribution in [-0.2, 0) is 0 Å². The molecule has 1 rings (SSSR count). The molecule has 1 heterocycles. The molecule has 2 N–H and O–H groups in total. The molecule has 0 aliphatic carbocycles. The molecule has 2 atom stereocenters. The zero-order chi connectivity index (χ0) is 10.0. The Morgan fingerprint density at radius 1 is 1.69 bits per heavy atom. The number of hydrogen-bond donors (Lipinski definition) is 1. The topological polar surface area (TPSA) is 49.6 Å². The van der Waals surface area contributed by atoms with Gasteiger partial charge in [0.05, 0.1) is 6.04 Å². The molecule has 0 bridgehead atoms. The first-order chi connectivity index (χ1) is 6.06. The van der Waals surface area contributed by atoms with Gasteiger partial charge in [0.15, 0.2) is 0 Å². The first-order valence-corrected chi connectivity index (χ1v) is 4.83. The van der Waals surface area contributed by atoms with E-state index in [-0.39, 0.29) is 12.1 Å².